The van der Waals surface area contributed by atoms with Gasteiger partial charge < -0.3 is 9.05 Å². The molecule has 0 aliphatic rings. The standard InChI is InChI=1S/C10H16ClN2O4PS/c1-3-16-18(14,17-4-2)8-19(12,15)10-6-5-9(11)7-13-10/h5-7,12H,3-4,8H2,1-2H3. The molecule has 6 nitrogen and oxygen atoms in total. The van der Waals surface area contributed by atoms with Gasteiger partial charge in [0.1, 0.15) is 20.2 Å². The van der Waals surface area contributed by atoms with E-state index in [0.29, 0.717) is 5.02 Å². The summed E-state index contributed by atoms with van der Waals surface area (Å²) >= 11 is 5.67. The Balaban J connectivity index is 3.00. The first-order valence-corrected chi connectivity index (χ1v) is 9.42. The summed E-state index contributed by atoms with van der Waals surface area (Å²) in [6.45, 7) is 3.61. The fourth-order valence-corrected chi connectivity index (χ4v) is 5.74. The molecule has 1 N–H and O–H groups in total. The maximum absolute atomic E-state index is 12.3. The van der Waals surface area contributed by atoms with Crippen LogP contribution in [0.5, 0.6) is 0 Å². The molecule has 1 atom stereocenters. The van der Waals surface area contributed by atoms with Crippen molar-refractivity contribution in [3.63, 3.8) is 0 Å². The lowest BCUT2D eigenvalue weighted by Crippen LogP contribution is -2.11. The SMILES string of the molecule is CCOP(=O)(CS(=N)(=O)c1ccc(Cl)cn1)OCC. The molecule has 0 amide bonds. The van der Waals surface area contributed by atoms with Crippen molar-refractivity contribution in [2.24, 2.45) is 0 Å². The van der Waals surface area contributed by atoms with Gasteiger partial charge in [-0.2, -0.15) is 0 Å². The highest BCUT2D eigenvalue weighted by molar-refractivity contribution is 7.98. The van der Waals surface area contributed by atoms with Gasteiger partial charge in [-0.25, -0.2) is 14.0 Å². The molecule has 0 aliphatic heterocycles. The fraction of sp³-hybridized carbons (Fsp3) is 0.500. The molecule has 19 heavy (non-hydrogen) atoms. The van der Waals surface area contributed by atoms with Crippen molar-refractivity contribution in [3.05, 3.63) is 23.4 Å². The fourth-order valence-electron chi connectivity index (χ4n) is 1.35. The van der Waals surface area contributed by atoms with Gasteiger partial charge in [0.15, 0.2) is 0 Å². The normalized spacial score (nSPS) is 15.1. The van der Waals surface area contributed by atoms with E-state index in [1.165, 1.54) is 18.3 Å². The monoisotopic (exact) mass is 326 g/mol. The minimum atomic E-state index is -3.55. The van der Waals surface area contributed by atoms with Crippen LogP contribution in [-0.2, 0) is 23.3 Å². The van der Waals surface area contributed by atoms with Crippen molar-refractivity contribution in [3.8, 4) is 0 Å². The smallest absolute Gasteiger partial charge is 0.308 e. The van der Waals surface area contributed by atoms with Crippen LogP contribution in [0.1, 0.15) is 13.8 Å². The van der Waals surface area contributed by atoms with E-state index in [-0.39, 0.29) is 18.2 Å². The number of halogens is 1. The number of rotatable bonds is 7. The van der Waals surface area contributed by atoms with Gasteiger partial charge >= 0.3 is 7.60 Å². The van der Waals surface area contributed by atoms with Gasteiger partial charge in [-0.15, -0.1) is 0 Å². The first kappa shape index (κ1) is 16.6. The summed E-state index contributed by atoms with van der Waals surface area (Å²) in [6, 6.07) is 2.85. The molecule has 0 radical (unpaired) electrons. The van der Waals surface area contributed by atoms with Gasteiger partial charge in [0.2, 0.25) is 0 Å². The third kappa shape index (κ3) is 4.85. The van der Waals surface area contributed by atoms with Crippen LogP contribution in [0, 0.1) is 4.78 Å². The molecule has 0 aromatic carbocycles. The summed E-state index contributed by atoms with van der Waals surface area (Å²) < 4.78 is 42.5. The predicted molar refractivity (Wildman–Crippen MR) is 74.1 cm³/mol. The minimum Gasteiger partial charge on any atom is -0.308 e. The van der Waals surface area contributed by atoms with Crippen LogP contribution in [0.3, 0.4) is 0 Å². The minimum absolute atomic E-state index is 0.0107. The Labute approximate surface area is 118 Å². The molecule has 1 heterocycles. The average molecular weight is 327 g/mol. The number of pyridine rings is 1. The first-order valence-electron chi connectivity index (χ1n) is 5.59. The van der Waals surface area contributed by atoms with Gasteiger partial charge in [-0.1, -0.05) is 11.6 Å². The van der Waals surface area contributed by atoms with Crippen molar-refractivity contribution >= 4 is 28.9 Å². The Morgan fingerprint density at radius 3 is 2.37 bits per heavy atom. The molecule has 1 aromatic rings. The molecule has 1 rings (SSSR count). The summed E-state index contributed by atoms with van der Waals surface area (Å²) in [6.07, 6.45) is 1.29. The van der Waals surface area contributed by atoms with Crippen LogP contribution in [0.4, 0.5) is 0 Å². The first-order chi connectivity index (χ1) is 8.83. The zero-order chi connectivity index (χ0) is 14.5. The largest absolute Gasteiger partial charge is 0.344 e. The van der Waals surface area contributed by atoms with Crippen molar-refractivity contribution in [2.45, 2.75) is 18.9 Å². The number of aromatic nitrogens is 1. The van der Waals surface area contributed by atoms with Crippen LogP contribution in [0.25, 0.3) is 0 Å². The summed E-state index contributed by atoms with van der Waals surface area (Å²) in [5.41, 5.74) is -0.518. The Morgan fingerprint density at radius 1 is 1.37 bits per heavy atom. The van der Waals surface area contributed by atoms with E-state index in [2.05, 4.69) is 4.98 Å². The lowest BCUT2D eigenvalue weighted by Gasteiger charge is -2.17. The van der Waals surface area contributed by atoms with E-state index in [1.54, 1.807) is 13.8 Å². The number of hydrogen-bond acceptors (Lipinski definition) is 6. The quantitative estimate of drug-likeness (QED) is 0.776. The van der Waals surface area contributed by atoms with Crippen molar-refractivity contribution in [1.82, 2.24) is 4.98 Å². The second kappa shape index (κ2) is 6.81. The topological polar surface area (TPSA) is 89.3 Å². The lowest BCUT2D eigenvalue weighted by atomic mass is 10.5. The van der Waals surface area contributed by atoms with Crippen LogP contribution < -0.4 is 0 Å². The molecule has 0 aliphatic carbocycles. The lowest BCUT2D eigenvalue weighted by molar-refractivity contribution is 0.224. The summed E-state index contributed by atoms with van der Waals surface area (Å²) in [7, 11) is -6.92. The van der Waals surface area contributed by atoms with Crippen LogP contribution in [-0.4, -0.2) is 27.9 Å². The van der Waals surface area contributed by atoms with E-state index >= 15 is 0 Å². The highest BCUT2D eigenvalue weighted by Gasteiger charge is 2.31. The molecule has 0 bridgehead atoms. The van der Waals surface area contributed by atoms with Crippen molar-refractivity contribution in [2.75, 3.05) is 18.7 Å². The van der Waals surface area contributed by atoms with Gasteiger partial charge in [-0.3, -0.25) is 4.57 Å². The van der Waals surface area contributed by atoms with E-state index in [1.807, 2.05) is 0 Å². The van der Waals surface area contributed by atoms with Crippen molar-refractivity contribution < 1.29 is 17.8 Å². The highest BCUT2D eigenvalue weighted by Crippen LogP contribution is 2.50. The summed E-state index contributed by atoms with van der Waals surface area (Å²) in [5, 5.41) is 0.383. The molecule has 1 unspecified atom stereocenters. The molecule has 0 saturated heterocycles. The second-order valence-electron chi connectivity index (χ2n) is 3.57. The molecule has 0 spiro atoms. The molecule has 9 heteroatoms. The molecule has 1 aromatic heterocycles. The van der Waals surface area contributed by atoms with Gasteiger partial charge in [-0.05, 0) is 26.0 Å². The zero-order valence-electron chi connectivity index (χ0n) is 10.7. The number of hydrogen-bond donors (Lipinski definition) is 1. The molecule has 0 saturated carbocycles. The Bertz CT molecular complexity index is 551. The van der Waals surface area contributed by atoms with Crippen LogP contribution >= 0.6 is 19.2 Å². The third-order valence-electron chi connectivity index (χ3n) is 2.03. The average Bonchev–Trinajstić information content (AvgIpc) is 2.28. The van der Waals surface area contributed by atoms with Crippen LogP contribution in [0.15, 0.2) is 23.4 Å². The summed E-state index contributed by atoms with van der Waals surface area (Å²) in [5.74, 6) is 0. The molecular weight excluding hydrogens is 311 g/mol. The van der Waals surface area contributed by atoms with Crippen LogP contribution in [0.2, 0.25) is 5.02 Å². The maximum Gasteiger partial charge on any atom is 0.344 e. The Kier molecular flexibility index (Phi) is 5.95. The van der Waals surface area contributed by atoms with E-state index < -0.39 is 22.8 Å². The van der Waals surface area contributed by atoms with Crippen molar-refractivity contribution in [1.29, 1.82) is 4.78 Å². The van der Waals surface area contributed by atoms with E-state index in [9.17, 15) is 8.77 Å². The molecular formula is C10H16ClN2O4PS. The third-order valence-corrected chi connectivity index (χ3v) is 7.19. The maximum atomic E-state index is 12.3. The zero-order valence-corrected chi connectivity index (χ0v) is 13.1. The highest BCUT2D eigenvalue weighted by atomic mass is 35.5. The van der Waals surface area contributed by atoms with E-state index in [0.717, 1.165) is 0 Å². The number of nitrogens with one attached hydrogen (secondary N) is 1. The molecule has 0 fully saturated rings. The Hall–Kier alpha value is -0.460. The molecule has 108 valence electrons. The second-order valence-corrected chi connectivity index (χ2v) is 8.54. The van der Waals surface area contributed by atoms with E-state index in [4.69, 9.17) is 25.4 Å². The predicted octanol–water partition coefficient (Wildman–Crippen LogP) is 3.36. The number of nitrogens with zero attached hydrogens (tertiary/aromatic N) is 1. The van der Waals surface area contributed by atoms with Gasteiger partial charge in [0.05, 0.1) is 18.2 Å². The van der Waals surface area contributed by atoms with Gasteiger partial charge in [0.25, 0.3) is 0 Å². The van der Waals surface area contributed by atoms with Gasteiger partial charge in [0, 0.05) is 6.20 Å². The summed E-state index contributed by atoms with van der Waals surface area (Å²) in [4.78, 5) is 3.83. The Morgan fingerprint density at radius 2 is 1.95 bits per heavy atom.